The van der Waals surface area contributed by atoms with E-state index in [0.717, 1.165) is 34.5 Å². The highest BCUT2D eigenvalue weighted by molar-refractivity contribution is 6.37. The summed E-state index contributed by atoms with van der Waals surface area (Å²) < 4.78 is 41.1. The van der Waals surface area contributed by atoms with E-state index in [9.17, 15) is 18.3 Å². The average Bonchev–Trinajstić information content (AvgIpc) is 3.11. The maximum absolute atomic E-state index is 13.2. The van der Waals surface area contributed by atoms with Crippen LogP contribution in [0.3, 0.4) is 0 Å². The molecule has 0 aliphatic rings. The molecule has 0 spiro atoms. The number of pyridine rings is 1. The number of rotatable bonds is 5. The Kier molecular flexibility index (Phi) is 6.29. The SMILES string of the molecule is CCc1nn(-c2c(Cl)cc(C(F)(F)F)cc2Cl)c(CC)c1Cc1c(O)ccc2cccnc12. The maximum atomic E-state index is 13.2. The van der Waals surface area contributed by atoms with E-state index in [-0.39, 0.29) is 21.5 Å². The molecule has 0 unspecified atom stereocenters. The molecule has 9 heteroatoms. The van der Waals surface area contributed by atoms with Crippen molar-refractivity contribution < 1.29 is 18.3 Å². The monoisotopic (exact) mass is 493 g/mol. The van der Waals surface area contributed by atoms with E-state index >= 15 is 0 Å². The minimum atomic E-state index is -4.57. The summed E-state index contributed by atoms with van der Waals surface area (Å²) in [6.07, 6.45) is -1.46. The molecule has 2 aromatic heterocycles. The number of aromatic hydroxyl groups is 1. The molecule has 4 rings (SSSR count). The summed E-state index contributed by atoms with van der Waals surface area (Å²) in [5.41, 5.74) is 2.97. The fourth-order valence-corrected chi connectivity index (χ4v) is 4.70. The van der Waals surface area contributed by atoms with Crippen LogP contribution >= 0.6 is 23.2 Å². The highest BCUT2D eigenvalue weighted by Gasteiger charge is 2.33. The number of halogens is 5. The third-order valence-electron chi connectivity index (χ3n) is 5.61. The quantitative estimate of drug-likeness (QED) is 0.320. The number of nitrogens with zero attached hydrogens (tertiary/aromatic N) is 3. The zero-order valence-electron chi connectivity index (χ0n) is 17.8. The molecule has 0 fully saturated rings. The summed E-state index contributed by atoms with van der Waals surface area (Å²) >= 11 is 12.6. The predicted octanol–water partition coefficient (Wildman–Crippen LogP) is 7.17. The largest absolute Gasteiger partial charge is 0.508 e. The van der Waals surface area contributed by atoms with E-state index < -0.39 is 11.7 Å². The van der Waals surface area contributed by atoms with Gasteiger partial charge in [-0.3, -0.25) is 4.98 Å². The van der Waals surface area contributed by atoms with E-state index in [1.54, 1.807) is 18.3 Å². The maximum Gasteiger partial charge on any atom is 0.416 e. The molecule has 0 bridgehead atoms. The molecular weight excluding hydrogens is 474 g/mol. The van der Waals surface area contributed by atoms with Gasteiger partial charge >= 0.3 is 6.18 Å². The highest BCUT2D eigenvalue weighted by Crippen LogP contribution is 2.39. The van der Waals surface area contributed by atoms with Crippen LogP contribution in [0.4, 0.5) is 13.2 Å². The zero-order chi connectivity index (χ0) is 23.9. The van der Waals surface area contributed by atoms with Crippen LogP contribution in [0.2, 0.25) is 10.0 Å². The van der Waals surface area contributed by atoms with E-state index in [0.29, 0.717) is 30.3 Å². The lowest BCUT2D eigenvalue weighted by Gasteiger charge is -2.15. The summed E-state index contributed by atoms with van der Waals surface area (Å²) in [6, 6.07) is 8.88. The van der Waals surface area contributed by atoms with Crippen molar-refractivity contribution in [3.63, 3.8) is 0 Å². The zero-order valence-corrected chi connectivity index (χ0v) is 19.4. The molecule has 2 aromatic carbocycles. The predicted molar refractivity (Wildman–Crippen MR) is 124 cm³/mol. The molecule has 1 N–H and O–H groups in total. The van der Waals surface area contributed by atoms with Crippen LogP contribution in [0.25, 0.3) is 16.6 Å². The number of hydrogen-bond acceptors (Lipinski definition) is 3. The second kappa shape index (κ2) is 8.88. The third-order valence-corrected chi connectivity index (χ3v) is 6.18. The van der Waals surface area contributed by atoms with Crippen molar-refractivity contribution in [1.29, 1.82) is 0 Å². The van der Waals surface area contributed by atoms with Gasteiger partial charge in [-0.2, -0.15) is 18.3 Å². The fraction of sp³-hybridized carbons (Fsp3) is 0.250. The third kappa shape index (κ3) is 4.27. The first kappa shape index (κ1) is 23.4. The fourth-order valence-electron chi connectivity index (χ4n) is 4.05. The Hall–Kier alpha value is -2.77. The Morgan fingerprint density at radius 2 is 1.70 bits per heavy atom. The van der Waals surface area contributed by atoms with Crippen molar-refractivity contribution in [2.75, 3.05) is 0 Å². The van der Waals surface area contributed by atoms with E-state index in [2.05, 4.69) is 10.1 Å². The molecule has 4 nitrogen and oxygen atoms in total. The van der Waals surface area contributed by atoms with Crippen molar-refractivity contribution in [1.82, 2.24) is 14.8 Å². The van der Waals surface area contributed by atoms with Crippen molar-refractivity contribution in [3.8, 4) is 11.4 Å². The highest BCUT2D eigenvalue weighted by atomic mass is 35.5. The number of alkyl halides is 3. The molecule has 33 heavy (non-hydrogen) atoms. The van der Waals surface area contributed by atoms with Crippen LogP contribution in [0.15, 0.2) is 42.6 Å². The number of phenols is 1. The standard InChI is InChI=1S/C24H20Cl2F3N3O/c1-3-19-15(12-16-21(33)8-7-13-6-5-9-30-22(13)16)20(4-2)32(31-19)23-17(25)10-14(11-18(23)26)24(27,28)29/h5-11,33H,3-4,12H2,1-2H3. The van der Waals surface area contributed by atoms with E-state index in [1.165, 1.54) is 4.68 Å². The molecule has 172 valence electrons. The molecule has 4 aromatic rings. The summed E-state index contributed by atoms with van der Waals surface area (Å²) in [7, 11) is 0. The summed E-state index contributed by atoms with van der Waals surface area (Å²) in [6.45, 7) is 3.86. The van der Waals surface area contributed by atoms with Gasteiger partial charge in [0.25, 0.3) is 0 Å². The number of aryl methyl sites for hydroxylation is 1. The van der Waals surface area contributed by atoms with Crippen molar-refractivity contribution in [2.24, 2.45) is 0 Å². The van der Waals surface area contributed by atoms with Gasteiger partial charge in [0.1, 0.15) is 11.4 Å². The number of fused-ring (bicyclic) bond motifs is 1. The second-order valence-corrected chi connectivity index (χ2v) is 8.41. The van der Waals surface area contributed by atoms with Crippen molar-refractivity contribution in [2.45, 2.75) is 39.3 Å². The van der Waals surface area contributed by atoms with Crippen LogP contribution in [0.5, 0.6) is 5.75 Å². The molecule has 0 aliphatic carbocycles. The topological polar surface area (TPSA) is 50.9 Å². The average molecular weight is 494 g/mol. The number of benzene rings is 2. The minimum absolute atomic E-state index is 0.114. The normalized spacial score (nSPS) is 12.0. The lowest BCUT2D eigenvalue weighted by atomic mass is 9.97. The van der Waals surface area contributed by atoms with E-state index in [4.69, 9.17) is 23.2 Å². The van der Waals surface area contributed by atoms with Crippen LogP contribution in [-0.4, -0.2) is 19.9 Å². The lowest BCUT2D eigenvalue weighted by molar-refractivity contribution is -0.137. The number of aromatic nitrogens is 3. The van der Waals surface area contributed by atoms with Gasteiger partial charge in [-0.25, -0.2) is 4.68 Å². The smallest absolute Gasteiger partial charge is 0.416 e. The van der Waals surface area contributed by atoms with Gasteiger partial charge in [0.2, 0.25) is 0 Å². The van der Waals surface area contributed by atoms with Gasteiger partial charge in [-0.1, -0.05) is 43.1 Å². The summed E-state index contributed by atoms with van der Waals surface area (Å²) in [5, 5.41) is 15.9. The van der Waals surface area contributed by atoms with Crippen LogP contribution in [0.1, 0.15) is 41.9 Å². The van der Waals surface area contributed by atoms with Crippen LogP contribution in [0, 0.1) is 0 Å². The Labute approximate surface area is 198 Å². The molecule has 0 amide bonds. The van der Waals surface area contributed by atoms with Gasteiger partial charge in [0.05, 0.1) is 26.8 Å². The molecule has 0 atom stereocenters. The van der Waals surface area contributed by atoms with E-state index in [1.807, 2.05) is 26.0 Å². The molecule has 0 aliphatic heterocycles. The Bertz CT molecular complexity index is 1330. The molecule has 0 saturated carbocycles. The Morgan fingerprint density at radius 1 is 1.00 bits per heavy atom. The van der Waals surface area contributed by atoms with Gasteiger partial charge < -0.3 is 5.11 Å². The van der Waals surface area contributed by atoms with Gasteiger partial charge in [-0.15, -0.1) is 0 Å². The Balaban J connectivity index is 1.90. The van der Waals surface area contributed by atoms with Crippen LogP contribution < -0.4 is 0 Å². The first-order valence-electron chi connectivity index (χ1n) is 10.4. The van der Waals surface area contributed by atoms with Gasteiger partial charge in [0, 0.05) is 34.8 Å². The first-order valence-corrected chi connectivity index (χ1v) is 11.1. The number of hydrogen-bond donors (Lipinski definition) is 1. The molecule has 0 saturated heterocycles. The van der Waals surface area contributed by atoms with Crippen molar-refractivity contribution >= 4 is 34.1 Å². The van der Waals surface area contributed by atoms with Gasteiger partial charge in [-0.05, 0) is 43.2 Å². The lowest BCUT2D eigenvalue weighted by Crippen LogP contribution is -2.09. The second-order valence-electron chi connectivity index (χ2n) is 7.59. The molecule has 2 heterocycles. The molecular formula is C24H20Cl2F3N3O. The summed E-state index contributed by atoms with van der Waals surface area (Å²) in [5.74, 6) is 0.114. The van der Waals surface area contributed by atoms with Crippen molar-refractivity contribution in [3.05, 3.63) is 80.7 Å². The Morgan fingerprint density at radius 3 is 2.30 bits per heavy atom. The number of phenolic OH excluding ortho intramolecular Hbond substituents is 1. The first-order chi connectivity index (χ1) is 15.7. The minimum Gasteiger partial charge on any atom is -0.508 e. The summed E-state index contributed by atoms with van der Waals surface area (Å²) in [4.78, 5) is 4.44. The van der Waals surface area contributed by atoms with Crippen LogP contribution in [-0.2, 0) is 25.4 Å². The molecule has 0 radical (unpaired) electrons. The van der Waals surface area contributed by atoms with Gasteiger partial charge in [0.15, 0.2) is 0 Å².